The highest BCUT2D eigenvalue weighted by molar-refractivity contribution is 5.85. The zero-order chi connectivity index (χ0) is 17.5. The zero-order valence-electron chi connectivity index (χ0n) is 15.6. The lowest BCUT2D eigenvalue weighted by Crippen LogP contribution is -2.47. The van der Waals surface area contributed by atoms with Crippen LogP contribution in [0.25, 0.3) is 0 Å². The molecule has 25 heavy (non-hydrogen) atoms. The highest BCUT2D eigenvalue weighted by Crippen LogP contribution is 2.30. The van der Waals surface area contributed by atoms with Gasteiger partial charge in [0, 0.05) is 45.7 Å². The number of ether oxygens (including phenoxy) is 2. The first-order chi connectivity index (χ1) is 11.5. The highest BCUT2D eigenvalue weighted by Gasteiger charge is 2.17. The fraction of sp³-hybridized carbons (Fsp3) is 0.611. The van der Waals surface area contributed by atoms with Gasteiger partial charge in [0.2, 0.25) is 5.91 Å². The lowest BCUT2D eigenvalue weighted by molar-refractivity contribution is -0.132. The van der Waals surface area contributed by atoms with Gasteiger partial charge in [0.1, 0.15) is 0 Å². The SMILES string of the molecule is COc1cc(C)c(CN(C)CCC(=O)N2CCNCC2)cc1OC.Cl. The van der Waals surface area contributed by atoms with Crippen LogP contribution in [0.3, 0.4) is 0 Å². The molecule has 1 saturated heterocycles. The first-order valence-electron chi connectivity index (χ1n) is 8.43. The molecule has 142 valence electrons. The van der Waals surface area contributed by atoms with Gasteiger partial charge in [-0.3, -0.25) is 4.79 Å². The van der Waals surface area contributed by atoms with Gasteiger partial charge in [-0.25, -0.2) is 0 Å². The Labute approximate surface area is 156 Å². The van der Waals surface area contributed by atoms with Crippen molar-refractivity contribution in [1.29, 1.82) is 0 Å². The average Bonchev–Trinajstić information content (AvgIpc) is 2.61. The fourth-order valence-corrected chi connectivity index (χ4v) is 2.92. The molecule has 1 heterocycles. The van der Waals surface area contributed by atoms with E-state index in [1.165, 1.54) is 5.56 Å². The molecule has 0 aromatic heterocycles. The number of hydrogen-bond donors (Lipinski definition) is 1. The summed E-state index contributed by atoms with van der Waals surface area (Å²) in [7, 11) is 5.33. The van der Waals surface area contributed by atoms with Gasteiger partial charge in [-0.2, -0.15) is 0 Å². The summed E-state index contributed by atoms with van der Waals surface area (Å²) in [5.41, 5.74) is 2.35. The van der Waals surface area contributed by atoms with Gasteiger partial charge in [0.25, 0.3) is 0 Å². The number of benzene rings is 1. The van der Waals surface area contributed by atoms with Crippen LogP contribution in [-0.4, -0.2) is 69.7 Å². The minimum atomic E-state index is 0. The fourth-order valence-electron chi connectivity index (χ4n) is 2.92. The largest absolute Gasteiger partial charge is 0.493 e. The van der Waals surface area contributed by atoms with E-state index in [1.54, 1.807) is 14.2 Å². The predicted molar refractivity (Wildman–Crippen MR) is 102 cm³/mol. The molecule has 0 saturated carbocycles. The second-order valence-electron chi connectivity index (χ2n) is 6.25. The van der Waals surface area contributed by atoms with E-state index in [-0.39, 0.29) is 18.3 Å². The first-order valence-corrected chi connectivity index (χ1v) is 8.43. The van der Waals surface area contributed by atoms with Gasteiger partial charge in [-0.05, 0) is 37.2 Å². The molecule has 1 aliphatic rings. The van der Waals surface area contributed by atoms with E-state index in [2.05, 4.69) is 17.1 Å². The number of rotatable bonds is 7. The molecule has 7 heteroatoms. The summed E-state index contributed by atoms with van der Waals surface area (Å²) < 4.78 is 10.7. The number of aryl methyl sites for hydroxylation is 1. The van der Waals surface area contributed by atoms with E-state index in [1.807, 2.05) is 24.1 Å². The molecule has 0 unspecified atom stereocenters. The summed E-state index contributed by atoms with van der Waals surface area (Å²) in [6, 6.07) is 4.01. The molecule has 0 radical (unpaired) electrons. The molecule has 1 N–H and O–H groups in total. The summed E-state index contributed by atoms with van der Waals surface area (Å²) in [5, 5.41) is 3.27. The molecule has 1 aliphatic heterocycles. The Hall–Kier alpha value is -1.50. The molecule has 0 aliphatic carbocycles. The Morgan fingerprint density at radius 3 is 2.40 bits per heavy atom. The van der Waals surface area contributed by atoms with Gasteiger partial charge >= 0.3 is 0 Å². The third-order valence-corrected chi connectivity index (χ3v) is 4.46. The van der Waals surface area contributed by atoms with Crippen molar-refractivity contribution in [3.63, 3.8) is 0 Å². The van der Waals surface area contributed by atoms with Crippen molar-refractivity contribution in [2.24, 2.45) is 0 Å². The number of hydrogen-bond acceptors (Lipinski definition) is 5. The third-order valence-electron chi connectivity index (χ3n) is 4.46. The molecule has 6 nitrogen and oxygen atoms in total. The van der Waals surface area contributed by atoms with Crippen LogP contribution in [0.15, 0.2) is 12.1 Å². The summed E-state index contributed by atoms with van der Waals surface area (Å²) in [5.74, 6) is 1.73. The number of piperazine rings is 1. The van der Waals surface area contributed by atoms with Crippen LogP contribution < -0.4 is 14.8 Å². The van der Waals surface area contributed by atoms with E-state index < -0.39 is 0 Å². The minimum Gasteiger partial charge on any atom is -0.493 e. The Balaban J connectivity index is 0.00000312. The average molecular weight is 372 g/mol. The van der Waals surface area contributed by atoms with Crippen LogP contribution in [0.4, 0.5) is 0 Å². The van der Waals surface area contributed by atoms with Crippen molar-refractivity contribution >= 4 is 18.3 Å². The standard InChI is InChI=1S/C18H29N3O3.ClH/c1-14-11-16(23-3)17(24-4)12-15(14)13-20(2)8-5-18(22)21-9-6-19-7-10-21;/h11-12,19H,5-10,13H2,1-4H3;1H. The van der Waals surface area contributed by atoms with Crippen LogP contribution in [0.5, 0.6) is 11.5 Å². The molecule has 0 atom stereocenters. The molecule has 0 bridgehead atoms. The summed E-state index contributed by atoms with van der Waals surface area (Å²) in [6.45, 7) is 7.02. The zero-order valence-corrected chi connectivity index (χ0v) is 16.4. The maximum absolute atomic E-state index is 12.2. The third kappa shape index (κ3) is 6.06. The van der Waals surface area contributed by atoms with Crippen molar-refractivity contribution in [2.45, 2.75) is 19.9 Å². The lowest BCUT2D eigenvalue weighted by Gasteiger charge is -2.28. The van der Waals surface area contributed by atoms with Crippen molar-refractivity contribution < 1.29 is 14.3 Å². The number of methoxy groups -OCH3 is 2. The molecule has 2 rings (SSSR count). The first kappa shape index (κ1) is 21.5. The van der Waals surface area contributed by atoms with Crippen LogP contribution in [0.2, 0.25) is 0 Å². The van der Waals surface area contributed by atoms with Gasteiger partial charge in [0.05, 0.1) is 14.2 Å². The van der Waals surface area contributed by atoms with E-state index >= 15 is 0 Å². The minimum absolute atomic E-state index is 0. The molecular weight excluding hydrogens is 342 g/mol. The normalized spacial score (nSPS) is 14.2. The van der Waals surface area contributed by atoms with Crippen molar-refractivity contribution in [2.75, 3.05) is 54.0 Å². The number of halogens is 1. The number of nitrogens with zero attached hydrogens (tertiary/aromatic N) is 2. The van der Waals surface area contributed by atoms with Crippen LogP contribution in [-0.2, 0) is 11.3 Å². The predicted octanol–water partition coefficient (Wildman–Crippen LogP) is 1.69. The Kier molecular flexibility index (Phi) is 9.03. The van der Waals surface area contributed by atoms with E-state index in [0.717, 1.165) is 56.3 Å². The van der Waals surface area contributed by atoms with Crippen molar-refractivity contribution in [3.05, 3.63) is 23.3 Å². The van der Waals surface area contributed by atoms with Crippen LogP contribution >= 0.6 is 12.4 Å². The number of carbonyl (C=O) groups is 1. The van der Waals surface area contributed by atoms with Gasteiger partial charge in [-0.1, -0.05) is 0 Å². The number of nitrogens with one attached hydrogen (secondary N) is 1. The van der Waals surface area contributed by atoms with Crippen molar-refractivity contribution in [3.8, 4) is 11.5 Å². The molecule has 0 spiro atoms. The lowest BCUT2D eigenvalue weighted by atomic mass is 10.1. The topological polar surface area (TPSA) is 54.0 Å². The van der Waals surface area contributed by atoms with Gasteiger partial charge in [0.15, 0.2) is 11.5 Å². The molecule has 1 fully saturated rings. The smallest absolute Gasteiger partial charge is 0.223 e. The Morgan fingerprint density at radius 1 is 1.20 bits per heavy atom. The molecular formula is C18H30ClN3O3. The van der Waals surface area contributed by atoms with E-state index in [4.69, 9.17) is 9.47 Å². The maximum Gasteiger partial charge on any atom is 0.223 e. The number of carbonyl (C=O) groups excluding carboxylic acids is 1. The van der Waals surface area contributed by atoms with Crippen molar-refractivity contribution in [1.82, 2.24) is 15.1 Å². The second-order valence-corrected chi connectivity index (χ2v) is 6.25. The monoisotopic (exact) mass is 371 g/mol. The van der Waals surface area contributed by atoms with Crippen LogP contribution in [0.1, 0.15) is 17.5 Å². The van der Waals surface area contributed by atoms with Crippen LogP contribution in [0, 0.1) is 6.92 Å². The van der Waals surface area contributed by atoms with E-state index in [0.29, 0.717) is 6.42 Å². The molecule has 1 aromatic rings. The van der Waals surface area contributed by atoms with Gasteiger partial charge < -0.3 is 24.6 Å². The summed E-state index contributed by atoms with van der Waals surface area (Å²) >= 11 is 0. The maximum atomic E-state index is 12.2. The molecule has 1 aromatic carbocycles. The summed E-state index contributed by atoms with van der Waals surface area (Å²) in [6.07, 6.45) is 0.558. The highest BCUT2D eigenvalue weighted by atomic mass is 35.5. The Bertz CT molecular complexity index is 563. The Morgan fingerprint density at radius 2 is 1.80 bits per heavy atom. The van der Waals surface area contributed by atoms with Gasteiger partial charge in [-0.15, -0.1) is 12.4 Å². The van der Waals surface area contributed by atoms with E-state index in [9.17, 15) is 4.79 Å². The molecule has 1 amide bonds. The number of amides is 1. The quantitative estimate of drug-likeness (QED) is 0.790. The second kappa shape index (κ2) is 10.5. The summed E-state index contributed by atoms with van der Waals surface area (Å²) in [4.78, 5) is 16.4.